The Morgan fingerprint density at radius 2 is 2.15 bits per heavy atom. The maximum atomic E-state index is 12.2. The van der Waals surface area contributed by atoms with Crippen molar-refractivity contribution in [1.82, 2.24) is 4.90 Å². The van der Waals surface area contributed by atoms with Gasteiger partial charge in [0.1, 0.15) is 5.60 Å². The van der Waals surface area contributed by atoms with Gasteiger partial charge in [0.25, 0.3) is 5.91 Å². The van der Waals surface area contributed by atoms with Crippen LogP contribution < -0.4 is 5.73 Å². The third-order valence-electron chi connectivity index (χ3n) is 3.12. The summed E-state index contributed by atoms with van der Waals surface area (Å²) in [6.45, 7) is 3.86. The maximum Gasteiger partial charge on any atom is 0.254 e. The van der Waals surface area contributed by atoms with E-state index < -0.39 is 5.60 Å². The first-order valence-electron chi connectivity index (χ1n) is 6.19. The highest BCUT2D eigenvalue weighted by atomic mass is 16.5. The molecule has 0 aliphatic rings. The molecule has 0 atom stereocenters. The van der Waals surface area contributed by atoms with Crippen molar-refractivity contribution in [2.75, 3.05) is 14.2 Å². The number of nitrogens with zero attached hydrogens (tertiary/aromatic N) is 2. The summed E-state index contributed by atoms with van der Waals surface area (Å²) >= 11 is 0. The molecule has 6 heteroatoms. The SMILES string of the molecule is COC(C)(C)C(=O)N(C)Cc1cccc(/C(N)=N/O)c1. The molecular formula is C14H21N3O3. The average molecular weight is 279 g/mol. The molecule has 0 heterocycles. The summed E-state index contributed by atoms with van der Waals surface area (Å²) in [6, 6.07) is 7.18. The lowest BCUT2D eigenvalue weighted by molar-refractivity contribution is -0.150. The van der Waals surface area contributed by atoms with E-state index in [-0.39, 0.29) is 11.7 Å². The van der Waals surface area contributed by atoms with Crippen LogP contribution >= 0.6 is 0 Å². The largest absolute Gasteiger partial charge is 0.409 e. The van der Waals surface area contributed by atoms with Gasteiger partial charge in [-0.15, -0.1) is 0 Å². The number of amidine groups is 1. The molecule has 0 spiro atoms. The van der Waals surface area contributed by atoms with Gasteiger partial charge in [-0.2, -0.15) is 0 Å². The molecule has 0 aliphatic carbocycles. The van der Waals surface area contributed by atoms with Gasteiger partial charge in [0, 0.05) is 26.3 Å². The Balaban J connectivity index is 2.86. The number of ether oxygens (including phenoxy) is 1. The first kappa shape index (κ1) is 16.0. The predicted octanol–water partition coefficient (Wildman–Crippen LogP) is 1.16. The highest BCUT2D eigenvalue weighted by Gasteiger charge is 2.29. The van der Waals surface area contributed by atoms with E-state index in [0.717, 1.165) is 5.56 Å². The standard InChI is InChI=1S/C14H21N3O3/c1-14(2,20-4)13(18)17(3)9-10-6-5-7-11(8-10)12(15)16-19/h5-8,19H,9H2,1-4H3,(H2,15,16). The van der Waals surface area contributed by atoms with Crippen molar-refractivity contribution in [1.29, 1.82) is 0 Å². The van der Waals surface area contributed by atoms with Crippen LogP contribution in [0.4, 0.5) is 0 Å². The molecule has 3 N–H and O–H groups in total. The van der Waals surface area contributed by atoms with E-state index in [2.05, 4.69) is 5.16 Å². The molecule has 0 aliphatic heterocycles. The molecule has 6 nitrogen and oxygen atoms in total. The quantitative estimate of drug-likeness (QED) is 0.366. The molecule has 20 heavy (non-hydrogen) atoms. The van der Waals surface area contributed by atoms with E-state index in [1.807, 2.05) is 6.07 Å². The summed E-state index contributed by atoms with van der Waals surface area (Å²) in [5.41, 5.74) is 6.18. The number of hydrogen-bond donors (Lipinski definition) is 2. The fourth-order valence-corrected chi connectivity index (χ4v) is 1.78. The van der Waals surface area contributed by atoms with Crippen LogP contribution in [0.1, 0.15) is 25.0 Å². The van der Waals surface area contributed by atoms with Crippen LogP contribution in [0.3, 0.4) is 0 Å². The summed E-state index contributed by atoms with van der Waals surface area (Å²) < 4.78 is 5.17. The van der Waals surface area contributed by atoms with E-state index in [9.17, 15) is 4.79 Å². The van der Waals surface area contributed by atoms with Crippen molar-refractivity contribution >= 4 is 11.7 Å². The first-order chi connectivity index (χ1) is 9.31. The van der Waals surface area contributed by atoms with Crippen molar-refractivity contribution in [2.24, 2.45) is 10.9 Å². The van der Waals surface area contributed by atoms with Crippen molar-refractivity contribution in [3.05, 3.63) is 35.4 Å². The summed E-state index contributed by atoms with van der Waals surface area (Å²) in [4.78, 5) is 13.8. The van der Waals surface area contributed by atoms with Gasteiger partial charge in [0.2, 0.25) is 0 Å². The van der Waals surface area contributed by atoms with Gasteiger partial charge < -0.3 is 20.6 Å². The molecular weight excluding hydrogens is 258 g/mol. The number of benzene rings is 1. The topological polar surface area (TPSA) is 88.2 Å². The number of hydrogen-bond acceptors (Lipinski definition) is 4. The van der Waals surface area contributed by atoms with Gasteiger partial charge >= 0.3 is 0 Å². The minimum atomic E-state index is -0.863. The summed E-state index contributed by atoms with van der Waals surface area (Å²) in [7, 11) is 3.21. The lowest BCUT2D eigenvalue weighted by Crippen LogP contribution is -2.44. The second-order valence-electron chi connectivity index (χ2n) is 5.06. The van der Waals surface area contributed by atoms with Gasteiger partial charge in [0.05, 0.1) is 0 Å². The van der Waals surface area contributed by atoms with Crippen LogP contribution in [0.5, 0.6) is 0 Å². The molecule has 0 saturated carbocycles. The molecule has 110 valence electrons. The number of likely N-dealkylation sites (N-methyl/N-ethyl adjacent to an activating group) is 1. The fraction of sp³-hybridized carbons (Fsp3) is 0.429. The molecule has 0 unspecified atom stereocenters. The summed E-state index contributed by atoms with van der Waals surface area (Å²) in [6.07, 6.45) is 0. The lowest BCUT2D eigenvalue weighted by Gasteiger charge is -2.28. The third kappa shape index (κ3) is 3.71. The number of amides is 1. The van der Waals surface area contributed by atoms with Gasteiger partial charge in [-0.25, -0.2) is 0 Å². The summed E-state index contributed by atoms with van der Waals surface area (Å²) in [5, 5.41) is 11.6. The monoisotopic (exact) mass is 279 g/mol. The minimum Gasteiger partial charge on any atom is -0.409 e. The number of oxime groups is 1. The average Bonchev–Trinajstić information content (AvgIpc) is 2.45. The zero-order valence-corrected chi connectivity index (χ0v) is 12.3. The zero-order valence-electron chi connectivity index (χ0n) is 12.3. The highest BCUT2D eigenvalue weighted by Crippen LogP contribution is 2.14. The van der Waals surface area contributed by atoms with E-state index in [0.29, 0.717) is 12.1 Å². The Morgan fingerprint density at radius 3 is 2.70 bits per heavy atom. The smallest absolute Gasteiger partial charge is 0.254 e. The molecule has 1 aromatic rings. The number of rotatable bonds is 5. The highest BCUT2D eigenvalue weighted by molar-refractivity contribution is 5.97. The van der Waals surface area contributed by atoms with Gasteiger partial charge in [-0.3, -0.25) is 4.79 Å². The Hall–Kier alpha value is -2.08. The Bertz CT molecular complexity index is 512. The van der Waals surface area contributed by atoms with Gasteiger partial charge in [-0.05, 0) is 25.5 Å². The van der Waals surface area contributed by atoms with E-state index in [1.54, 1.807) is 44.0 Å². The van der Waals surface area contributed by atoms with Gasteiger partial charge in [0.15, 0.2) is 5.84 Å². The normalized spacial score (nSPS) is 12.3. The van der Waals surface area contributed by atoms with Crippen LogP contribution in [0.15, 0.2) is 29.4 Å². The van der Waals surface area contributed by atoms with Crippen molar-refractivity contribution < 1.29 is 14.7 Å². The van der Waals surface area contributed by atoms with Crippen molar-refractivity contribution in [3.63, 3.8) is 0 Å². The molecule has 0 aromatic heterocycles. The van der Waals surface area contributed by atoms with Crippen LogP contribution in [0.2, 0.25) is 0 Å². The maximum absolute atomic E-state index is 12.2. The van der Waals surface area contributed by atoms with E-state index in [1.165, 1.54) is 7.11 Å². The first-order valence-corrected chi connectivity index (χ1v) is 6.19. The summed E-state index contributed by atoms with van der Waals surface area (Å²) in [5.74, 6) is -0.0766. The molecule has 0 saturated heterocycles. The Labute approximate surface area is 118 Å². The third-order valence-corrected chi connectivity index (χ3v) is 3.12. The number of carbonyl (C=O) groups excluding carboxylic acids is 1. The molecule has 1 rings (SSSR count). The molecule has 0 radical (unpaired) electrons. The second-order valence-corrected chi connectivity index (χ2v) is 5.06. The minimum absolute atomic E-state index is 0.0399. The number of nitrogens with two attached hydrogens (primary N) is 1. The van der Waals surface area contributed by atoms with Crippen molar-refractivity contribution in [2.45, 2.75) is 26.0 Å². The van der Waals surface area contributed by atoms with Crippen LogP contribution in [-0.2, 0) is 16.1 Å². The van der Waals surface area contributed by atoms with Crippen LogP contribution in [0, 0.1) is 0 Å². The van der Waals surface area contributed by atoms with Crippen LogP contribution in [-0.4, -0.2) is 41.6 Å². The predicted molar refractivity (Wildman–Crippen MR) is 76.5 cm³/mol. The van der Waals surface area contributed by atoms with Crippen molar-refractivity contribution in [3.8, 4) is 0 Å². The molecule has 0 bridgehead atoms. The second kappa shape index (κ2) is 6.38. The zero-order chi connectivity index (χ0) is 15.3. The number of carbonyl (C=O) groups is 1. The van der Waals surface area contributed by atoms with E-state index >= 15 is 0 Å². The van der Waals surface area contributed by atoms with Crippen LogP contribution in [0.25, 0.3) is 0 Å². The van der Waals surface area contributed by atoms with E-state index in [4.69, 9.17) is 15.7 Å². The number of methoxy groups -OCH3 is 1. The lowest BCUT2D eigenvalue weighted by atomic mass is 10.1. The molecule has 0 fully saturated rings. The Morgan fingerprint density at radius 1 is 1.50 bits per heavy atom. The fourth-order valence-electron chi connectivity index (χ4n) is 1.78. The molecule has 1 aromatic carbocycles. The van der Waals surface area contributed by atoms with Gasteiger partial charge in [-0.1, -0.05) is 23.4 Å². The Kier molecular flexibility index (Phi) is 5.10. The molecule has 1 amide bonds.